The van der Waals surface area contributed by atoms with Gasteiger partial charge >= 0.3 is 12.2 Å². The molecule has 1 N–H and O–H groups in total. The molecule has 142 valence electrons. The summed E-state index contributed by atoms with van der Waals surface area (Å²) in [5.41, 5.74) is -0.157. The lowest BCUT2D eigenvalue weighted by atomic mass is 10.2. The molecule has 27 heavy (non-hydrogen) atoms. The van der Waals surface area contributed by atoms with Crippen molar-refractivity contribution in [3.05, 3.63) is 65.7 Å². The molecule has 0 saturated carbocycles. The first-order valence-electron chi connectivity index (χ1n) is 8.42. The average molecular weight is 377 g/mol. The van der Waals surface area contributed by atoms with E-state index in [1.165, 1.54) is 17.0 Å². The predicted molar refractivity (Wildman–Crippen MR) is 94.4 cm³/mol. The van der Waals surface area contributed by atoms with Crippen molar-refractivity contribution in [3.63, 3.8) is 0 Å². The van der Waals surface area contributed by atoms with Gasteiger partial charge in [-0.25, -0.2) is 4.79 Å². The summed E-state index contributed by atoms with van der Waals surface area (Å²) in [6.45, 7) is 1.35. The summed E-state index contributed by atoms with van der Waals surface area (Å²) >= 11 is 0. The smallest absolute Gasteiger partial charge is 0.335 e. The quantitative estimate of drug-likeness (QED) is 0.868. The van der Waals surface area contributed by atoms with Gasteiger partial charge in [0.05, 0.1) is 5.56 Å². The topological polar surface area (TPSA) is 52.7 Å². The third-order valence-electron chi connectivity index (χ3n) is 4.32. The average Bonchev–Trinajstić information content (AvgIpc) is 2.68. The van der Waals surface area contributed by atoms with Crippen LogP contribution in [0.4, 0.5) is 23.7 Å². The third-order valence-corrected chi connectivity index (χ3v) is 4.32. The highest BCUT2D eigenvalue weighted by Gasteiger charge is 2.31. The Morgan fingerprint density at radius 1 is 0.852 bits per heavy atom. The fraction of sp³-hybridized carbons (Fsp3) is 0.263. The zero-order valence-corrected chi connectivity index (χ0v) is 14.4. The van der Waals surface area contributed by atoms with Crippen LogP contribution in [0.5, 0.6) is 0 Å². The maximum atomic E-state index is 12.8. The molecule has 1 aliphatic heterocycles. The van der Waals surface area contributed by atoms with Gasteiger partial charge in [0.15, 0.2) is 0 Å². The Kier molecular flexibility index (Phi) is 5.34. The molecule has 3 rings (SSSR count). The van der Waals surface area contributed by atoms with Gasteiger partial charge in [0, 0.05) is 37.4 Å². The van der Waals surface area contributed by atoms with Crippen LogP contribution in [0, 0.1) is 0 Å². The molecule has 5 nitrogen and oxygen atoms in total. The fourth-order valence-corrected chi connectivity index (χ4v) is 2.85. The van der Waals surface area contributed by atoms with Crippen molar-refractivity contribution in [1.82, 2.24) is 9.80 Å². The minimum atomic E-state index is -4.47. The lowest BCUT2D eigenvalue weighted by molar-refractivity contribution is -0.137. The fourth-order valence-electron chi connectivity index (χ4n) is 2.85. The van der Waals surface area contributed by atoms with Crippen LogP contribution in [-0.4, -0.2) is 47.9 Å². The number of rotatable bonds is 2. The van der Waals surface area contributed by atoms with Crippen LogP contribution in [0.3, 0.4) is 0 Å². The molecule has 2 aromatic carbocycles. The van der Waals surface area contributed by atoms with Crippen LogP contribution in [0.15, 0.2) is 54.6 Å². The summed E-state index contributed by atoms with van der Waals surface area (Å²) in [4.78, 5) is 27.8. The second kappa shape index (κ2) is 7.69. The van der Waals surface area contributed by atoms with Gasteiger partial charge in [-0.3, -0.25) is 4.79 Å². The largest absolute Gasteiger partial charge is 0.416 e. The monoisotopic (exact) mass is 377 g/mol. The first kappa shape index (κ1) is 18.8. The summed E-state index contributed by atoms with van der Waals surface area (Å²) in [7, 11) is 0. The van der Waals surface area contributed by atoms with E-state index >= 15 is 0 Å². The second-order valence-corrected chi connectivity index (χ2v) is 6.15. The number of urea groups is 1. The summed E-state index contributed by atoms with van der Waals surface area (Å²) < 4.78 is 38.3. The number of hydrogen-bond donors (Lipinski definition) is 1. The van der Waals surface area contributed by atoms with Gasteiger partial charge in [-0.1, -0.05) is 24.3 Å². The SMILES string of the molecule is O=C(Nc1cccc(C(F)(F)F)c1)N1CCN(C(=O)c2ccccc2)CC1. The number of alkyl halides is 3. The van der Waals surface area contributed by atoms with Crippen LogP contribution >= 0.6 is 0 Å². The van der Waals surface area contributed by atoms with Crippen molar-refractivity contribution in [3.8, 4) is 0 Å². The van der Waals surface area contributed by atoms with Crippen LogP contribution in [0.25, 0.3) is 0 Å². The maximum absolute atomic E-state index is 12.8. The van der Waals surface area contributed by atoms with Crippen LogP contribution < -0.4 is 5.32 Å². The Labute approximate surface area is 154 Å². The van der Waals surface area contributed by atoms with Gasteiger partial charge in [-0.15, -0.1) is 0 Å². The molecule has 0 unspecified atom stereocenters. The molecule has 1 fully saturated rings. The predicted octanol–water partition coefficient (Wildman–Crippen LogP) is 3.70. The molecular formula is C19H18F3N3O2. The van der Waals surface area contributed by atoms with Gasteiger partial charge in [0.2, 0.25) is 0 Å². The molecule has 0 aliphatic carbocycles. The number of piperazine rings is 1. The number of halogens is 3. The van der Waals surface area contributed by atoms with Crippen LogP contribution in [-0.2, 0) is 6.18 Å². The highest BCUT2D eigenvalue weighted by atomic mass is 19.4. The molecule has 0 bridgehead atoms. The Balaban J connectivity index is 1.57. The molecule has 3 amide bonds. The molecule has 1 aliphatic rings. The lowest BCUT2D eigenvalue weighted by Gasteiger charge is -2.34. The minimum Gasteiger partial charge on any atom is -0.335 e. The third kappa shape index (κ3) is 4.58. The Bertz CT molecular complexity index is 816. The first-order valence-corrected chi connectivity index (χ1v) is 8.42. The minimum absolute atomic E-state index is 0.0811. The molecule has 1 heterocycles. The number of nitrogens with zero attached hydrogens (tertiary/aromatic N) is 2. The summed E-state index contributed by atoms with van der Waals surface area (Å²) in [6.07, 6.45) is -4.47. The van der Waals surface area contributed by atoms with Crippen LogP contribution in [0.1, 0.15) is 15.9 Å². The molecule has 2 aromatic rings. The molecular weight excluding hydrogens is 359 g/mol. The van der Waals surface area contributed by atoms with E-state index in [0.717, 1.165) is 12.1 Å². The number of carbonyl (C=O) groups is 2. The highest BCUT2D eigenvalue weighted by molar-refractivity contribution is 5.94. The zero-order chi connectivity index (χ0) is 19.4. The van der Waals surface area contributed by atoms with Gasteiger partial charge < -0.3 is 15.1 Å². The van der Waals surface area contributed by atoms with Gasteiger partial charge in [-0.05, 0) is 30.3 Å². The highest BCUT2D eigenvalue weighted by Crippen LogP contribution is 2.30. The van der Waals surface area contributed by atoms with Gasteiger partial charge in [0.25, 0.3) is 5.91 Å². The van der Waals surface area contributed by atoms with E-state index in [1.807, 2.05) is 6.07 Å². The summed E-state index contributed by atoms with van der Waals surface area (Å²) in [5.74, 6) is -0.103. The number of nitrogens with one attached hydrogen (secondary N) is 1. The van der Waals surface area contributed by atoms with E-state index < -0.39 is 17.8 Å². The van der Waals surface area contributed by atoms with E-state index in [4.69, 9.17) is 0 Å². The summed E-state index contributed by atoms with van der Waals surface area (Å²) in [6, 6.07) is 12.9. The number of benzene rings is 2. The lowest BCUT2D eigenvalue weighted by Crippen LogP contribution is -2.51. The van der Waals surface area contributed by atoms with Crippen molar-refractivity contribution in [2.24, 2.45) is 0 Å². The molecule has 0 radical (unpaired) electrons. The Morgan fingerprint density at radius 3 is 2.11 bits per heavy atom. The molecule has 0 aromatic heterocycles. The van der Waals surface area contributed by atoms with E-state index in [0.29, 0.717) is 31.7 Å². The van der Waals surface area contributed by atoms with E-state index in [2.05, 4.69) is 5.32 Å². The molecule has 0 spiro atoms. The molecule has 1 saturated heterocycles. The van der Waals surface area contributed by atoms with Gasteiger partial charge in [0.1, 0.15) is 0 Å². The Morgan fingerprint density at radius 2 is 1.48 bits per heavy atom. The number of anilines is 1. The standard InChI is InChI=1S/C19H18F3N3O2/c20-19(21,22)15-7-4-8-16(13-15)23-18(27)25-11-9-24(10-12-25)17(26)14-5-2-1-3-6-14/h1-8,13H,9-12H2,(H,23,27). The van der Waals surface area contributed by atoms with Crippen molar-refractivity contribution in [2.75, 3.05) is 31.5 Å². The molecule has 8 heteroatoms. The maximum Gasteiger partial charge on any atom is 0.416 e. The van der Waals surface area contributed by atoms with Crippen molar-refractivity contribution >= 4 is 17.6 Å². The van der Waals surface area contributed by atoms with Crippen molar-refractivity contribution in [1.29, 1.82) is 0 Å². The van der Waals surface area contributed by atoms with E-state index in [1.54, 1.807) is 29.2 Å². The number of amides is 3. The second-order valence-electron chi connectivity index (χ2n) is 6.15. The Hall–Kier alpha value is -3.03. The normalized spacial score (nSPS) is 14.8. The van der Waals surface area contributed by atoms with Crippen molar-refractivity contribution in [2.45, 2.75) is 6.18 Å². The molecule has 0 atom stereocenters. The van der Waals surface area contributed by atoms with Crippen LogP contribution in [0.2, 0.25) is 0 Å². The first-order chi connectivity index (χ1) is 12.8. The van der Waals surface area contributed by atoms with Crippen molar-refractivity contribution < 1.29 is 22.8 Å². The van der Waals surface area contributed by atoms with Gasteiger partial charge in [-0.2, -0.15) is 13.2 Å². The van der Waals surface area contributed by atoms with E-state index in [-0.39, 0.29) is 11.6 Å². The van der Waals surface area contributed by atoms with E-state index in [9.17, 15) is 22.8 Å². The number of carbonyl (C=O) groups excluding carboxylic acids is 2. The summed E-state index contributed by atoms with van der Waals surface area (Å²) in [5, 5.41) is 2.48. The number of hydrogen-bond acceptors (Lipinski definition) is 2. The zero-order valence-electron chi connectivity index (χ0n) is 14.4.